The standard InChI is InChI=1S/C15H24N2O2/c1-14(19-15-6-4-3-5-7-15)18-13-12-17-10-8-16(2)9-11-17/h3-7,14H,8-13H2,1-2H3. The number of rotatable bonds is 6. The van der Waals surface area contributed by atoms with Crippen LogP contribution in [0.15, 0.2) is 30.3 Å². The van der Waals surface area contributed by atoms with Crippen molar-refractivity contribution < 1.29 is 9.47 Å². The van der Waals surface area contributed by atoms with Gasteiger partial charge in [0.2, 0.25) is 0 Å². The summed E-state index contributed by atoms with van der Waals surface area (Å²) in [5.74, 6) is 0.856. The summed E-state index contributed by atoms with van der Waals surface area (Å²) in [5, 5.41) is 0. The lowest BCUT2D eigenvalue weighted by molar-refractivity contribution is -0.0732. The Balaban J connectivity index is 1.60. The number of piperazine rings is 1. The van der Waals surface area contributed by atoms with Crippen LogP contribution < -0.4 is 4.74 Å². The van der Waals surface area contributed by atoms with Gasteiger partial charge in [-0.2, -0.15) is 0 Å². The Hall–Kier alpha value is -1.10. The van der Waals surface area contributed by atoms with E-state index in [0.717, 1.165) is 45.1 Å². The van der Waals surface area contributed by atoms with Crippen molar-refractivity contribution in [3.8, 4) is 5.75 Å². The summed E-state index contributed by atoms with van der Waals surface area (Å²) in [7, 11) is 2.17. The van der Waals surface area contributed by atoms with Crippen LogP contribution in [0.1, 0.15) is 6.92 Å². The van der Waals surface area contributed by atoms with Crippen molar-refractivity contribution in [2.75, 3.05) is 46.4 Å². The van der Waals surface area contributed by atoms with Crippen molar-refractivity contribution in [3.05, 3.63) is 30.3 Å². The van der Waals surface area contributed by atoms with E-state index in [9.17, 15) is 0 Å². The van der Waals surface area contributed by atoms with E-state index in [1.165, 1.54) is 0 Å². The van der Waals surface area contributed by atoms with Crippen LogP contribution >= 0.6 is 0 Å². The topological polar surface area (TPSA) is 24.9 Å². The molecule has 1 atom stereocenters. The third-order valence-electron chi connectivity index (χ3n) is 3.40. The van der Waals surface area contributed by atoms with Gasteiger partial charge in [-0.1, -0.05) is 18.2 Å². The van der Waals surface area contributed by atoms with Gasteiger partial charge in [-0.25, -0.2) is 0 Å². The monoisotopic (exact) mass is 264 g/mol. The lowest BCUT2D eigenvalue weighted by atomic mass is 10.3. The molecule has 2 rings (SSSR count). The van der Waals surface area contributed by atoms with Gasteiger partial charge >= 0.3 is 0 Å². The molecular formula is C15H24N2O2. The highest BCUT2D eigenvalue weighted by molar-refractivity contribution is 5.20. The molecule has 0 bridgehead atoms. The predicted molar refractivity (Wildman–Crippen MR) is 76.4 cm³/mol. The normalized spacial score (nSPS) is 19.3. The number of ether oxygens (including phenoxy) is 2. The van der Waals surface area contributed by atoms with Crippen molar-refractivity contribution >= 4 is 0 Å². The van der Waals surface area contributed by atoms with Crippen LogP contribution in [-0.2, 0) is 4.74 Å². The van der Waals surface area contributed by atoms with E-state index in [0.29, 0.717) is 0 Å². The van der Waals surface area contributed by atoms with E-state index in [2.05, 4.69) is 16.8 Å². The molecule has 1 heterocycles. The van der Waals surface area contributed by atoms with Crippen molar-refractivity contribution in [1.29, 1.82) is 0 Å². The number of hydrogen-bond donors (Lipinski definition) is 0. The Kier molecular flexibility index (Phi) is 5.63. The minimum Gasteiger partial charge on any atom is -0.465 e. The molecule has 1 aromatic carbocycles. The molecule has 1 aromatic rings. The van der Waals surface area contributed by atoms with E-state index in [4.69, 9.17) is 9.47 Å². The number of benzene rings is 1. The third-order valence-corrected chi connectivity index (χ3v) is 3.40. The Morgan fingerprint density at radius 3 is 2.47 bits per heavy atom. The number of likely N-dealkylation sites (N-methyl/N-ethyl adjacent to an activating group) is 1. The highest BCUT2D eigenvalue weighted by atomic mass is 16.7. The molecule has 0 saturated carbocycles. The average molecular weight is 264 g/mol. The smallest absolute Gasteiger partial charge is 0.197 e. The lowest BCUT2D eigenvalue weighted by Gasteiger charge is -2.32. The molecule has 4 heteroatoms. The van der Waals surface area contributed by atoms with Gasteiger partial charge < -0.3 is 14.4 Å². The summed E-state index contributed by atoms with van der Waals surface area (Å²) in [6.45, 7) is 8.21. The molecule has 1 aliphatic rings. The molecule has 4 nitrogen and oxygen atoms in total. The van der Waals surface area contributed by atoms with Crippen molar-refractivity contribution in [2.24, 2.45) is 0 Å². The van der Waals surface area contributed by atoms with Crippen LogP contribution in [-0.4, -0.2) is 62.5 Å². The van der Waals surface area contributed by atoms with Crippen LogP contribution in [0.3, 0.4) is 0 Å². The second-order valence-corrected chi connectivity index (χ2v) is 5.01. The van der Waals surface area contributed by atoms with Crippen LogP contribution in [0, 0.1) is 0 Å². The van der Waals surface area contributed by atoms with Crippen LogP contribution in [0.25, 0.3) is 0 Å². The molecule has 0 spiro atoms. The molecule has 1 unspecified atom stereocenters. The summed E-state index contributed by atoms with van der Waals surface area (Å²) in [6.07, 6.45) is -0.199. The summed E-state index contributed by atoms with van der Waals surface area (Å²) >= 11 is 0. The van der Waals surface area contributed by atoms with Crippen molar-refractivity contribution in [2.45, 2.75) is 13.2 Å². The fourth-order valence-corrected chi connectivity index (χ4v) is 2.14. The Morgan fingerprint density at radius 2 is 1.79 bits per heavy atom. The molecule has 0 aromatic heterocycles. The fraction of sp³-hybridized carbons (Fsp3) is 0.600. The highest BCUT2D eigenvalue weighted by Gasteiger charge is 2.13. The number of nitrogens with zero attached hydrogens (tertiary/aromatic N) is 2. The summed E-state index contributed by atoms with van der Waals surface area (Å²) in [4.78, 5) is 4.80. The Morgan fingerprint density at radius 1 is 1.11 bits per heavy atom. The SMILES string of the molecule is CC(OCCN1CCN(C)CC1)Oc1ccccc1. The fourth-order valence-electron chi connectivity index (χ4n) is 2.14. The van der Waals surface area contributed by atoms with Gasteiger partial charge in [-0.05, 0) is 26.1 Å². The molecule has 1 fully saturated rings. The van der Waals surface area contributed by atoms with Crippen LogP contribution in [0.2, 0.25) is 0 Å². The molecule has 0 amide bonds. The van der Waals surface area contributed by atoms with Crippen LogP contribution in [0.4, 0.5) is 0 Å². The highest BCUT2D eigenvalue weighted by Crippen LogP contribution is 2.11. The van der Waals surface area contributed by atoms with Gasteiger partial charge in [0.25, 0.3) is 0 Å². The van der Waals surface area contributed by atoms with Gasteiger partial charge in [0, 0.05) is 32.7 Å². The first-order valence-electron chi connectivity index (χ1n) is 6.98. The maximum absolute atomic E-state index is 5.70. The minimum atomic E-state index is -0.199. The summed E-state index contributed by atoms with van der Waals surface area (Å²) < 4.78 is 11.4. The maximum atomic E-state index is 5.70. The zero-order valence-corrected chi connectivity index (χ0v) is 11.9. The molecule has 0 radical (unpaired) electrons. The van der Waals surface area contributed by atoms with Gasteiger partial charge in [-0.15, -0.1) is 0 Å². The van der Waals surface area contributed by atoms with E-state index in [1.54, 1.807) is 0 Å². The zero-order valence-electron chi connectivity index (χ0n) is 11.9. The second kappa shape index (κ2) is 7.48. The molecule has 106 valence electrons. The maximum Gasteiger partial charge on any atom is 0.197 e. The van der Waals surface area contributed by atoms with Gasteiger partial charge in [0.15, 0.2) is 6.29 Å². The van der Waals surface area contributed by atoms with Gasteiger partial charge in [0.05, 0.1) is 6.61 Å². The molecule has 0 N–H and O–H groups in total. The van der Waals surface area contributed by atoms with Gasteiger partial charge in [0.1, 0.15) is 5.75 Å². The summed E-state index contributed by atoms with van der Waals surface area (Å²) in [5.41, 5.74) is 0. The largest absolute Gasteiger partial charge is 0.465 e. The Labute approximate surface area is 115 Å². The Bertz CT molecular complexity index is 350. The number of para-hydroxylation sites is 1. The van der Waals surface area contributed by atoms with E-state index in [1.807, 2.05) is 37.3 Å². The van der Waals surface area contributed by atoms with Gasteiger partial charge in [-0.3, -0.25) is 4.90 Å². The molecule has 1 saturated heterocycles. The second-order valence-electron chi connectivity index (χ2n) is 5.01. The molecule has 0 aliphatic carbocycles. The number of hydrogen-bond acceptors (Lipinski definition) is 4. The van der Waals surface area contributed by atoms with E-state index < -0.39 is 0 Å². The van der Waals surface area contributed by atoms with E-state index in [-0.39, 0.29) is 6.29 Å². The first-order valence-corrected chi connectivity index (χ1v) is 6.98. The molecular weight excluding hydrogens is 240 g/mol. The minimum absolute atomic E-state index is 0.199. The average Bonchev–Trinajstić information content (AvgIpc) is 2.42. The van der Waals surface area contributed by atoms with Crippen molar-refractivity contribution in [1.82, 2.24) is 9.80 Å². The van der Waals surface area contributed by atoms with Crippen molar-refractivity contribution in [3.63, 3.8) is 0 Å². The predicted octanol–water partition coefficient (Wildman–Crippen LogP) is 1.68. The zero-order chi connectivity index (χ0) is 13.5. The first kappa shape index (κ1) is 14.3. The first-order chi connectivity index (χ1) is 9.24. The molecule has 1 aliphatic heterocycles. The van der Waals surface area contributed by atoms with Crippen LogP contribution in [0.5, 0.6) is 5.75 Å². The third kappa shape index (κ3) is 5.19. The van der Waals surface area contributed by atoms with E-state index >= 15 is 0 Å². The quantitative estimate of drug-likeness (QED) is 0.730. The summed E-state index contributed by atoms with van der Waals surface area (Å²) in [6, 6.07) is 9.80. The molecule has 19 heavy (non-hydrogen) atoms. The lowest BCUT2D eigenvalue weighted by Crippen LogP contribution is -2.45.